The Morgan fingerprint density at radius 3 is 2.33 bits per heavy atom. The molecule has 0 aliphatic heterocycles. The Kier molecular flexibility index (Phi) is 6.13. The second-order valence-electron chi connectivity index (χ2n) is 6.39. The number of hydrogen-bond donors (Lipinski definition) is 1. The number of hydrogen-bond acceptors (Lipinski definition) is 2. The average Bonchev–Trinajstić information content (AvgIpc) is 2.35. The van der Waals surface area contributed by atoms with Gasteiger partial charge in [0.15, 0.2) is 0 Å². The Bertz CT molecular complexity index is 243. The molecule has 5 atom stereocenters. The summed E-state index contributed by atoms with van der Waals surface area (Å²) in [5.41, 5.74) is -0.0194. The van der Waals surface area contributed by atoms with Gasteiger partial charge in [-0.05, 0) is 57.9 Å². The van der Waals surface area contributed by atoms with Crippen LogP contribution < -0.4 is 5.32 Å². The van der Waals surface area contributed by atoms with Crippen LogP contribution in [0.4, 0.5) is 0 Å². The maximum Gasteiger partial charge on any atom is 0.0806 e. The molecular formula is C16H33NO. The van der Waals surface area contributed by atoms with Crippen molar-refractivity contribution >= 4 is 0 Å². The van der Waals surface area contributed by atoms with Crippen LogP contribution >= 0.6 is 0 Å². The van der Waals surface area contributed by atoms with Gasteiger partial charge < -0.3 is 10.1 Å². The minimum absolute atomic E-state index is 0.0194. The quantitative estimate of drug-likeness (QED) is 0.778. The molecule has 5 unspecified atom stereocenters. The third-order valence-electron chi connectivity index (χ3n) is 5.26. The van der Waals surface area contributed by atoms with E-state index in [-0.39, 0.29) is 5.60 Å². The normalized spacial score (nSPS) is 34.0. The summed E-state index contributed by atoms with van der Waals surface area (Å²) in [5, 5.41) is 3.56. The first-order valence-electron chi connectivity index (χ1n) is 7.79. The van der Waals surface area contributed by atoms with E-state index in [1.165, 1.54) is 19.3 Å². The topological polar surface area (TPSA) is 21.3 Å². The van der Waals surface area contributed by atoms with E-state index in [4.69, 9.17) is 4.74 Å². The van der Waals surface area contributed by atoms with Crippen molar-refractivity contribution in [3.05, 3.63) is 0 Å². The molecule has 2 nitrogen and oxygen atoms in total. The molecule has 0 aromatic heterocycles. The van der Waals surface area contributed by atoms with Crippen LogP contribution in [0.1, 0.15) is 60.3 Å². The Balaban J connectivity index is 2.75. The van der Waals surface area contributed by atoms with Gasteiger partial charge in [-0.1, -0.05) is 27.2 Å². The summed E-state index contributed by atoms with van der Waals surface area (Å²) in [5.74, 6) is 2.50. The van der Waals surface area contributed by atoms with Gasteiger partial charge in [0.1, 0.15) is 0 Å². The lowest BCUT2D eigenvalue weighted by atomic mass is 9.69. The molecule has 1 aliphatic carbocycles. The van der Waals surface area contributed by atoms with Crippen molar-refractivity contribution < 1.29 is 4.74 Å². The predicted octanol–water partition coefficient (Wildman–Crippen LogP) is 3.85. The highest BCUT2D eigenvalue weighted by molar-refractivity contribution is 4.95. The van der Waals surface area contributed by atoms with E-state index in [0.717, 1.165) is 30.8 Å². The highest BCUT2D eigenvalue weighted by Gasteiger charge is 2.40. The minimum Gasteiger partial charge on any atom is -0.374 e. The summed E-state index contributed by atoms with van der Waals surface area (Å²) < 4.78 is 6.08. The smallest absolute Gasteiger partial charge is 0.0806 e. The first kappa shape index (κ1) is 16.0. The lowest BCUT2D eigenvalue weighted by Gasteiger charge is -2.45. The summed E-state index contributed by atoms with van der Waals surface area (Å²) in [6.45, 7) is 12.2. The fourth-order valence-electron chi connectivity index (χ4n) is 3.67. The maximum absolute atomic E-state index is 6.08. The Hall–Kier alpha value is -0.0800. The Morgan fingerprint density at radius 1 is 1.22 bits per heavy atom. The molecule has 1 saturated carbocycles. The summed E-state index contributed by atoms with van der Waals surface area (Å²) in [7, 11) is 2.10. The van der Waals surface area contributed by atoms with Gasteiger partial charge in [0.25, 0.3) is 0 Å². The number of likely N-dealkylation sites (N-methyl/N-ethyl adjacent to an activating group) is 1. The first-order chi connectivity index (χ1) is 8.48. The van der Waals surface area contributed by atoms with Crippen molar-refractivity contribution in [3.8, 4) is 0 Å². The standard InChI is InChI=1S/C16H33NO/c1-7-16(5,18-8-2)15(17-6)14-10-9-12(3)13(4)11-14/h12-15,17H,7-11H2,1-6H3. The summed E-state index contributed by atoms with van der Waals surface area (Å²) in [6.07, 6.45) is 5.14. The number of nitrogens with one attached hydrogen (secondary N) is 1. The van der Waals surface area contributed by atoms with Crippen LogP contribution in [0.3, 0.4) is 0 Å². The van der Waals surface area contributed by atoms with Crippen LogP contribution in [-0.2, 0) is 4.74 Å². The van der Waals surface area contributed by atoms with E-state index in [9.17, 15) is 0 Å². The van der Waals surface area contributed by atoms with E-state index in [0.29, 0.717) is 6.04 Å². The monoisotopic (exact) mass is 255 g/mol. The molecule has 1 N–H and O–H groups in total. The van der Waals surface area contributed by atoms with Gasteiger partial charge >= 0.3 is 0 Å². The maximum atomic E-state index is 6.08. The van der Waals surface area contributed by atoms with Crippen molar-refractivity contribution in [2.24, 2.45) is 17.8 Å². The summed E-state index contributed by atoms with van der Waals surface area (Å²) >= 11 is 0. The van der Waals surface area contributed by atoms with Crippen molar-refractivity contribution in [2.45, 2.75) is 71.9 Å². The molecule has 0 radical (unpaired) electrons. The number of rotatable bonds is 6. The fourth-order valence-corrected chi connectivity index (χ4v) is 3.67. The zero-order valence-corrected chi connectivity index (χ0v) is 13.3. The van der Waals surface area contributed by atoms with Crippen molar-refractivity contribution in [1.82, 2.24) is 5.32 Å². The molecule has 0 aromatic rings. The van der Waals surface area contributed by atoms with Gasteiger partial charge in [0.2, 0.25) is 0 Å². The second-order valence-corrected chi connectivity index (χ2v) is 6.39. The third-order valence-corrected chi connectivity index (χ3v) is 5.26. The predicted molar refractivity (Wildman–Crippen MR) is 78.8 cm³/mol. The molecule has 1 rings (SSSR count). The zero-order valence-electron chi connectivity index (χ0n) is 13.3. The van der Waals surface area contributed by atoms with Crippen LogP contribution in [0.15, 0.2) is 0 Å². The highest BCUT2D eigenvalue weighted by Crippen LogP contribution is 2.39. The lowest BCUT2D eigenvalue weighted by molar-refractivity contribution is -0.0749. The van der Waals surface area contributed by atoms with Crippen LogP contribution in [0, 0.1) is 17.8 Å². The Labute approximate surface area is 114 Å². The van der Waals surface area contributed by atoms with Gasteiger partial charge in [0, 0.05) is 12.6 Å². The van der Waals surface area contributed by atoms with Crippen molar-refractivity contribution in [3.63, 3.8) is 0 Å². The van der Waals surface area contributed by atoms with Crippen LogP contribution in [0.2, 0.25) is 0 Å². The van der Waals surface area contributed by atoms with Crippen LogP contribution in [0.25, 0.3) is 0 Å². The van der Waals surface area contributed by atoms with E-state index in [1.807, 2.05) is 0 Å². The van der Waals surface area contributed by atoms with Gasteiger partial charge in [-0.2, -0.15) is 0 Å². The molecule has 18 heavy (non-hydrogen) atoms. The van der Waals surface area contributed by atoms with Gasteiger partial charge in [-0.15, -0.1) is 0 Å². The molecule has 0 bridgehead atoms. The third kappa shape index (κ3) is 3.48. The molecule has 0 aromatic carbocycles. The molecule has 1 aliphatic rings. The van der Waals surface area contributed by atoms with Crippen LogP contribution in [-0.4, -0.2) is 25.3 Å². The van der Waals surface area contributed by atoms with E-state index in [1.54, 1.807) is 0 Å². The van der Waals surface area contributed by atoms with E-state index < -0.39 is 0 Å². The molecule has 1 fully saturated rings. The first-order valence-corrected chi connectivity index (χ1v) is 7.79. The molecule has 2 heteroatoms. The molecule has 0 spiro atoms. The second kappa shape index (κ2) is 6.91. The van der Waals surface area contributed by atoms with Gasteiger partial charge in [0.05, 0.1) is 5.60 Å². The van der Waals surface area contributed by atoms with Crippen molar-refractivity contribution in [2.75, 3.05) is 13.7 Å². The van der Waals surface area contributed by atoms with E-state index >= 15 is 0 Å². The largest absolute Gasteiger partial charge is 0.374 e. The molecule has 0 saturated heterocycles. The van der Waals surface area contributed by atoms with E-state index in [2.05, 4.69) is 47.0 Å². The zero-order chi connectivity index (χ0) is 13.8. The van der Waals surface area contributed by atoms with Crippen molar-refractivity contribution in [1.29, 1.82) is 0 Å². The molecule has 108 valence electrons. The summed E-state index contributed by atoms with van der Waals surface area (Å²) in [4.78, 5) is 0. The summed E-state index contributed by atoms with van der Waals surface area (Å²) in [6, 6.07) is 0.484. The lowest BCUT2D eigenvalue weighted by Crippen LogP contribution is -2.54. The molecular weight excluding hydrogens is 222 g/mol. The fraction of sp³-hybridized carbons (Fsp3) is 1.00. The molecule has 0 heterocycles. The van der Waals surface area contributed by atoms with Crippen LogP contribution in [0.5, 0.6) is 0 Å². The minimum atomic E-state index is -0.0194. The molecule has 0 amide bonds. The van der Waals surface area contributed by atoms with Gasteiger partial charge in [-0.3, -0.25) is 0 Å². The number of ether oxygens (including phenoxy) is 1. The highest BCUT2D eigenvalue weighted by atomic mass is 16.5. The Morgan fingerprint density at radius 2 is 1.89 bits per heavy atom. The van der Waals surface area contributed by atoms with Gasteiger partial charge in [-0.25, -0.2) is 0 Å². The SMILES string of the molecule is CCOC(C)(CC)C(NC)C1CCC(C)C(C)C1. The average molecular weight is 255 g/mol.